The molecule has 1 fully saturated rings. The summed E-state index contributed by atoms with van der Waals surface area (Å²) in [5, 5.41) is 0. The predicted molar refractivity (Wildman–Crippen MR) is 81.9 cm³/mol. The largest absolute Gasteiger partial charge is 0.497 e. The number of nitrogens with two attached hydrogens (primary N) is 1. The van der Waals surface area contributed by atoms with Crippen molar-refractivity contribution in [2.24, 2.45) is 0 Å². The lowest BCUT2D eigenvalue weighted by Crippen LogP contribution is -2.39. The first kappa shape index (κ1) is 15.1. The van der Waals surface area contributed by atoms with Crippen molar-refractivity contribution >= 4 is 5.69 Å². The Labute approximate surface area is 121 Å². The van der Waals surface area contributed by atoms with E-state index in [9.17, 15) is 0 Å². The van der Waals surface area contributed by atoms with Crippen LogP contribution in [0.1, 0.15) is 31.7 Å². The number of likely N-dealkylation sites (tertiary alicyclic amines) is 1. The molecule has 1 aromatic rings. The summed E-state index contributed by atoms with van der Waals surface area (Å²) in [5.41, 5.74) is 8.04. The van der Waals surface area contributed by atoms with Gasteiger partial charge in [0.2, 0.25) is 0 Å². The molecule has 1 saturated heterocycles. The van der Waals surface area contributed by atoms with Crippen molar-refractivity contribution < 1.29 is 9.47 Å². The number of ether oxygens (including phenoxy) is 2. The zero-order chi connectivity index (χ0) is 14.4. The second kappa shape index (κ2) is 7.50. The van der Waals surface area contributed by atoms with E-state index in [2.05, 4.69) is 11.8 Å². The van der Waals surface area contributed by atoms with Crippen LogP contribution in [0.15, 0.2) is 18.2 Å². The number of hydrogen-bond donors (Lipinski definition) is 1. The Morgan fingerprint density at radius 1 is 1.40 bits per heavy atom. The van der Waals surface area contributed by atoms with E-state index in [1.165, 1.54) is 12.8 Å². The Morgan fingerprint density at radius 3 is 3.00 bits per heavy atom. The van der Waals surface area contributed by atoms with Gasteiger partial charge in [0.05, 0.1) is 13.2 Å². The molecule has 1 unspecified atom stereocenters. The first-order chi connectivity index (χ1) is 9.72. The summed E-state index contributed by atoms with van der Waals surface area (Å²) in [4.78, 5) is 2.43. The van der Waals surface area contributed by atoms with Crippen molar-refractivity contribution in [1.82, 2.24) is 4.90 Å². The molecular weight excluding hydrogens is 252 g/mol. The number of nitrogens with zero attached hydrogens (tertiary/aromatic N) is 1. The van der Waals surface area contributed by atoms with Gasteiger partial charge in [-0.3, -0.25) is 4.90 Å². The first-order valence-corrected chi connectivity index (χ1v) is 7.49. The molecule has 1 atom stereocenters. The molecule has 112 valence electrons. The molecule has 0 bridgehead atoms. The van der Waals surface area contributed by atoms with Crippen molar-refractivity contribution in [3.63, 3.8) is 0 Å². The molecular formula is C16H26N2O2. The molecule has 1 aromatic carbocycles. The average molecular weight is 278 g/mol. The van der Waals surface area contributed by atoms with Gasteiger partial charge in [0.1, 0.15) is 5.75 Å². The van der Waals surface area contributed by atoms with E-state index in [4.69, 9.17) is 15.2 Å². The Morgan fingerprint density at radius 2 is 2.25 bits per heavy atom. The fourth-order valence-corrected chi connectivity index (χ4v) is 2.66. The molecule has 0 aromatic heterocycles. The Hall–Kier alpha value is -1.26. The normalized spacial score (nSPS) is 20.0. The summed E-state index contributed by atoms with van der Waals surface area (Å²) in [7, 11) is 1.69. The summed E-state index contributed by atoms with van der Waals surface area (Å²) in [6, 6.07) is 5.86. The van der Waals surface area contributed by atoms with Crippen LogP contribution in [0.25, 0.3) is 0 Å². The van der Waals surface area contributed by atoms with Gasteiger partial charge in [-0.2, -0.15) is 0 Å². The van der Waals surface area contributed by atoms with Crippen molar-refractivity contribution in [2.75, 3.05) is 32.5 Å². The van der Waals surface area contributed by atoms with Crippen LogP contribution in [0.4, 0.5) is 5.69 Å². The number of piperidine rings is 1. The fraction of sp³-hybridized carbons (Fsp3) is 0.625. The number of methoxy groups -OCH3 is 1. The molecule has 0 aliphatic carbocycles. The van der Waals surface area contributed by atoms with E-state index < -0.39 is 0 Å². The smallest absolute Gasteiger partial charge is 0.119 e. The Kier molecular flexibility index (Phi) is 5.68. The number of benzene rings is 1. The highest BCUT2D eigenvalue weighted by molar-refractivity contribution is 5.50. The number of nitrogen functional groups attached to an aromatic ring is 1. The van der Waals surface area contributed by atoms with E-state index in [-0.39, 0.29) is 0 Å². The Balaban J connectivity index is 1.95. The molecule has 0 spiro atoms. The van der Waals surface area contributed by atoms with Gasteiger partial charge in [-0.1, -0.05) is 6.92 Å². The molecule has 0 amide bonds. The monoisotopic (exact) mass is 278 g/mol. The standard InChI is InChI=1S/C16H26N2O2/c1-3-9-20-15-5-4-8-18(12-15)11-13-10-14(19-2)6-7-16(13)17/h6-7,10,15H,3-5,8-9,11-12,17H2,1-2H3. The van der Waals surface area contributed by atoms with Gasteiger partial charge < -0.3 is 15.2 Å². The second-order valence-electron chi connectivity index (χ2n) is 5.43. The van der Waals surface area contributed by atoms with Gasteiger partial charge in [0, 0.05) is 25.4 Å². The minimum absolute atomic E-state index is 0.371. The van der Waals surface area contributed by atoms with Crippen LogP contribution >= 0.6 is 0 Å². The highest BCUT2D eigenvalue weighted by Gasteiger charge is 2.20. The SMILES string of the molecule is CCCOC1CCCN(Cc2cc(OC)ccc2N)C1. The quantitative estimate of drug-likeness (QED) is 0.813. The van der Waals surface area contributed by atoms with Crippen LogP contribution in [0.2, 0.25) is 0 Å². The van der Waals surface area contributed by atoms with E-state index in [0.29, 0.717) is 6.10 Å². The van der Waals surface area contributed by atoms with Crippen LogP contribution in [0.5, 0.6) is 5.75 Å². The third-order valence-electron chi connectivity index (χ3n) is 3.76. The van der Waals surface area contributed by atoms with Crippen LogP contribution in [0.3, 0.4) is 0 Å². The molecule has 1 aliphatic heterocycles. The zero-order valence-corrected chi connectivity index (χ0v) is 12.6. The van der Waals surface area contributed by atoms with Gasteiger partial charge in [-0.25, -0.2) is 0 Å². The fourth-order valence-electron chi connectivity index (χ4n) is 2.66. The molecule has 1 aliphatic rings. The maximum absolute atomic E-state index is 6.06. The average Bonchev–Trinajstić information content (AvgIpc) is 2.48. The third-order valence-corrected chi connectivity index (χ3v) is 3.76. The van der Waals surface area contributed by atoms with Crippen molar-refractivity contribution in [2.45, 2.75) is 38.8 Å². The van der Waals surface area contributed by atoms with E-state index in [1.54, 1.807) is 7.11 Å². The third kappa shape index (κ3) is 4.12. The lowest BCUT2D eigenvalue weighted by Gasteiger charge is -2.32. The summed E-state index contributed by atoms with van der Waals surface area (Å²) >= 11 is 0. The maximum atomic E-state index is 6.06. The summed E-state index contributed by atoms with van der Waals surface area (Å²) < 4.78 is 11.2. The number of rotatable bonds is 6. The zero-order valence-electron chi connectivity index (χ0n) is 12.6. The molecule has 4 heteroatoms. The summed E-state index contributed by atoms with van der Waals surface area (Å²) in [6.07, 6.45) is 3.82. The molecule has 0 saturated carbocycles. The highest BCUT2D eigenvalue weighted by Crippen LogP contribution is 2.23. The first-order valence-electron chi connectivity index (χ1n) is 7.49. The molecule has 0 radical (unpaired) electrons. The number of anilines is 1. The second-order valence-corrected chi connectivity index (χ2v) is 5.43. The molecule has 4 nitrogen and oxygen atoms in total. The maximum Gasteiger partial charge on any atom is 0.119 e. The predicted octanol–water partition coefficient (Wildman–Crippen LogP) is 2.67. The van der Waals surface area contributed by atoms with Gasteiger partial charge in [-0.15, -0.1) is 0 Å². The lowest BCUT2D eigenvalue weighted by atomic mass is 10.1. The minimum Gasteiger partial charge on any atom is -0.497 e. The van der Waals surface area contributed by atoms with Gasteiger partial charge in [0.25, 0.3) is 0 Å². The van der Waals surface area contributed by atoms with Crippen LogP contribution in [0, 0.1) is 0 Å². The summed E-state index contributed by atoms with van der Waals surface area (Å²) in [6.45, 7) is 5.99. The minimum atomic E-state index is 0.371. The Bertz CT molecular complexity index is 423. The van der Waals surface area contributed by atoms with Crippen molar-refractivity contribution in [1.29, 1.82) is 0 Å². The molecule has 2 N–H and O–H groups in total. The van der Waals surface area contributed by atoms with Crippen LogP contribution in [-0.2, 0) is 11.3 Å². The van der Waals surface area contributed by atoms with Crippen LogP contribution in [-0.4, -0.2) is 37.8 Å². The van der Waals surface area contributed by atoms with Crippen LogP contribution < -0.4 is 10.5 Å². The number of hydrogen-bond acceptors (Lipinski definition) is 4. The van der Waals surface area contributed by atoms with E-state index in [0.717, 1.165) is 49.7 Å². The van der Waals surface area contributed by atoms with Gasteiger partial charge in [-0.05, 0) is 49.6 Å². The molecule has 2 rings (SSSR count). The molecule has 20 heavy (non-hydrogen) atoms. The lowest BCUT2D eigenvalue weighted by molar-refractivity contribution is -0.00218. The summed E-state index contributed by atoms with van der Waals surface area (Å²) in [5.74, 6) is 0.866. The molecule has 1 heterocycles. The highest BCUT2D eigenvalue weighted by atomic mass is 16.5. The topological polar surface area (TPSA) is 47.7 Å². The van der Waals surface area contributed by atoms with Crippen molar-refractivity contribution in [3.8, 4) is 5.75 Å². The van der Waals surface area contributed by atoms with E-state index >= 15 is 0 Å². The van der Waals surface area contributed by atoms with Crippen molar-refractivity contribution in [3.05, 3.63) is 23.8 Å². The van der Waals surface area contributed by atoms with Gasteiger partial charge >= 0.3 is 0 Å². The van der Waals surface area contributed by atoms with Gasteiger partial charge in [0.15, 0.2) is 0 Å². The van der Waals surface area contributed by atoms with E-state index in [1.807, 2.05) is 18.2 Å².